The van der Waals surface area contributed by atoms with Gasteiger partial charge >= 0.3 is 5.97 Å². The molecule has 0 spiro atoms. The van der Waals surface area contributed by atoms with E-state index in [9.17, 15) is 4.79 Å². The van der Waals surface area contributed by atoms with E-state index in [1.807, 2.05) is 16.0 Å². The predicted octanol–water partition coefficient (Wildman–Crippen LogP) is 3.37. The third-order valence-electron chi connectivity index (χ3n) is 3.57. The second-order valence-electron chi connectivity index (χ2n) is 5.10. The number of hydrogen-bond acceptors (Lipinski definition) is 4. The maximum atomic E-state index is 10.8. The average Bonchev–Trinajstić information content (AvgIpc) is 3.03. The molecule has 1 atom stereocenters. The number of imidazole rings is 1. The van der Waals surface area contributed by atoms with Crippen LogP contribution in [-0.2, 0) is 4.79 Å². The molecular weight excluding hydrogens is 286 g/mol. The first kappa shape index (κ1) is 15.6. The SMILES string of the molecule is CCC(C)CN(CC)c1nc2sccn2c1C=CC(=O)O. The van der Waals surface area contributed by atoms with Crippen LogP contribution in [0.1, 0.15) is 32.9 Å². The number of aromatic nitrogens is 2. The number of nitrogens with zero attached hydrogens (tertiary/aromatic N) is 3. The maximum absolute atomic E-state index is 10.8. The highest BCUT2D eigenvalue weighted by atomic mass is 32.1. The number of anilines is 1. The molecule has 2 aromatic heterocycles. The van der Waals surface area contributed by atoms with Gasteiger partial charge < -0.3 is 10.0 Å². The van der Waals surface area contributed by atoms with Crippen LogP contribution in [0.3, 0.4) is 0 Å². The van der Waals surface area contributed by atoms with Crippen LogP contribution in [0.15, 0.2) is 17.7 Å². The molecule has 0 aliphatic heterocycles. The molecule has 0 saturated carbocycles. The lowest BCUT2D eigenvalue weighted by Gasteiger charge is -2.24. The minimum atomic E-state index is -0.948. The number of carboxylic acids is 1. The highest BCUT2D eigenvalue weighted by molar-refractivity contribution is 7.15. The van der Waals surface area contributed by atoms with Gasteiger partial charge in [0.05, 0.1) is 5.69 Å². The molecule has 5 nitrogen and oxygen atoms in total. The molecule has 1 unspecified atom stereocenters. The fourth-order valence-corrected chi connectivity index (χ4v) is 2.92. The first-order valence-electron chi connectivity index (χ1n) is 7.18. The van der Waals surface area contributed by atoms with Crippen molar-refractivity contribution in [2.75, 3.05) is 18.0 Å². The Hall–Kier alpha value is -1.82. The molecule has 0 amide bonds. The summed E-state index contributed by atoms with van der Waals surface area (Å²) in [7, 11) is 0. The molecule has 0 radical (unpaired) electrons. The van der Waals surface area contributed by atoms with Gasteiger partial charge in [0.2, 0.25) is 0 Å². The molecule has 2 rings (SSSR count). The number of fused-ring (bicyclic) bond motifs is 1. The van der Waals surface area contributed by atoms with E-state index in [0.717, 1.165) is 36.0 Å². The number of aliphatic carboxylic acids is 1. The largest absolute Gasteiger partial charge is 0.478 e. The van der Waals surface area contributed by atoms with Gasteiger partial charge in [0.1, 0.15) is 0 Å². The van der Waals surface area contributed by atoms with Crippen LogP contribution in [0.2, 0.25) is 0 Å². The third-order valence-corrected chi connectivity index (χ3v) is 4.33. The molecule has 6 heteroatoms. The summed E-state index contributed by atoms with van der Waals surface area (Å²) in [6.45, 7) is 8.26. The molecule has 21 heavy (non-hydrogen) atoms. The zero-order valence-electron chi connectivity index (χ0n) is 12.6. The third kappa shape index (κ3) is 3.44. The Balaban J connectivity index is 2.43. The normalized spacial score (nSPS) is 13.1. The van der Waals surface area contributed by atoms with Gasteiger partial charge in [0.25, 0.3) is 0 Å². The first-order valence-corrected chi connectivity index (χ1v) is 8.06. The molecule has 0 saturated heterocycles. The standard InChI is InChI=1S/C15H21N3O2S/c1-4-11(3)10-17(5-2)14-12(6-7-13(19)20)18-8-9-21-15(18)16-14/h6-9,11H,4-5,10H2,1-3H3,(H,19,20). The van der Waals surface area contributed by atoms with E-state index in [1.165, 1.54) is 6.08 Å². The summed E-state index contributed by atoms with van der Waals surface area (Å²) < 4.78 is 1.94. The van der Waals surface area contributed by atoms with Gasteiger partial charge in [-0.3, -0.25) is 4.40 Å². The molecule has 0 aliphatic rings. The Morgan fingerprint density at radius 3 is 2.95 bits per heavy atom. The van der Waals surface area contributed by atoms with Crippen molar-refractivity contribution in [1.82, 2.24) is 9.38 Å². The van der Waals surface area contributed by atoms with Gasteiger partial charge in [-0.1, -0.05) is 20.3 Å². The molecule has 1 N–H and O–H groups in total. The van der Waals surface area contributed by atoms with Crippen LogP contribution in [0.5, 0.6) is 0 Å². The van der Waals surface area contributed by atoms with Crippen molar-refractivity contribution in [3.05, 3.63) is 23.3 Å². The van der Waals surface area contributed by atoms with Crippen molar-refractivity contribution in [3.63, 3.8) is 0 Å². The lowest BCUT2D eigenvalue weighted by Crippen LogP contribution is -2.29. The quantitative estimate of drug-likeness (QED) is 0.797. The summed E-state index contributed by atoms with van der Waals surface area (Å²) in [5, 5.41) is 10.8. The van der Waals surface area contributed by atoms with Gasteiger partial charge in [0.15, 0.2) is 10.8 Å². The summed E-state index contributed by atoms with van der Waals surface area (Å²) >= 11 is 1.55. The Morgan fingerprint density at radius 1 is 1.57 bits per heavy atom. The van der Waals surface area contributed by atoms with Gasteiger partial charge in [-0.15, -0.1) is 11.3 Å². The van der Waals surface area contributed by atoms with Crippen molar-refractivity contribution >= 4 is 34.2 Å². The lowest BCUT2D eigenvalue weighted by molar-refractivity contribution is -0.131. The van der Waals surface area contributed by atoms with Crippen LogP contribution < -0.4 is 4.90 Å². The Bertz CT molecular complexity index is 644. The predicted molar refractivity (Wildman–Crippen MR) is 87.1 cm³/mol. The molecular formula is C15H21N3O2S. The van der Waals surface area contributed by atoms with E-state index in [1.54, 1.807) is 17.4 Å². The van der Waals surface area contributed by atoms with Crippen molar-refractivity contribution < 1.29 is 9.90 Å². The fourth-order valence-electron chi connectivity index (χ4n) is 2.20. The van der Waals surface area contributed by atoms with Crippen molar-refractivity contribution in [1.29, 1.82) is 0 Å². The van der Waals surface area contributed by atoms with Gasteiger partial charge in [-0.2, -0.15) is 0 Å². The van der Waals surface area contributed by atoms with Crippen molar-refractivity contribution in [2.24, 2.45) is 5.92 Å². The number of carboxylic acid groups (broad SMARTS) is 1. The summed E-state index contributed by atoms with van der Waals surface area (Å²) in [5.74, 6) is 0.485. The fraction of sp³-hybridized carbons (Fsp3) is 0.467. The van der Waals surface area contributed by atoms with Crippen LogP contribution in [0.25, 0.3) is 11.0 Å². The van der Waals surface area contributed by atoms with Crippen molar-refractivity contribution in [2.45, 2.75) is 27.2 Å². The topological polar surface area (TPSA) is 57.8 Å². The highest BCUT2D eigenvalue weighted by Crippen LogP contribution is 2.26. The summed E-state index contributed by atoms with van der Waals surface area (Å²) in [6.07, 6.45) is 5.83. The van der Waals surface area contributed by atoms with Crippen LogP contribution in [0, 0.1) is 5.92 Å². The number of carbonyl (C=O) groups is 1. The van der Waals surface area contributed by atoms with Gasteiger partial charge in [-0.05, 0) is 18.9 Å². The highest BCUT2D eigenvalue weighted by Gasteiger charge is 2.18. The summed E-state index contributed by atoms with van der Waals surface area (Å²) in [4.78, 5) is 18.6. The Kier molecular flexibility index (Phi) is 5.01. The first-order chi connectivity index (χ1) is 10.1. The van der Waals surface area contributed by atoms with Gasteiger partial charge in [0, 0.05) is 30.7 Å². The molecule has 0 aromatic carbocycles. The monoisotopic (exact) mass is 307 g/mol. The minimum absolute atomic E-state index is 0.570. The molecule has 2 heterocycles. The average molecular weight is 307 g/mol. The summed E-state index contributed by atoms with van der Waals surface area (Å²) in [5.41, 5.74) is 0.832. The van der Waals surface area contributed by atoms with Crippen LogP contribution in [0.4, 0.5) is 5.82 Å². The van der Waals surface area contributed by atoms with E-state index in [0.29, 0.717) is 5.92 Å². The summed E-state index contributed by atoms with van der Waals surface area (Å²) in [6, 6.07) is 0. The number of hydrogen-bond donors (Lipinski definition) is 1. The molecule has 114 valence electrons. The Morgan fingerprint density at radius 2 is 2.33 bits per heavy atom. The molecule has 0 bridgehead atoms. The Labute approximate surface area is 128 Å². The van der Waals surface area contributed by atoms with Crippen LogP contribution in [-0.4, -0.2) is 33.6 Å². The zero-order chi connectivity index (χ0) is 15.4. The molecule has 2 aromatic rings. The smallest absolute Gasteiger partial charge is 0.328 e. The van der Waals surface area contributed by atoms with E-state index in [-0.39, 0.29) is 0 Å². The number of rotatable bonds is 7. The minimum Gasteiger partial charge on any atom is -0.478 e. The number of thiazole rings is 1. The second-order valence-corrected chi connectivity index (χ2v) is 5.97. The lowest BCUT2D eigenvalue weighted by atomic mass is 10.1. The second kappa shape index (κ2) is 6.76. The van der Waals surface area contributed by atoms with E-state index in [2.05, 4.69) is 30.7 Å². The molecule has 0 fully saturated rings. The molecule has 0 aliphatic carbocycles. The van der Waals surface area contributed by atoms with E-state index >= 15 is 0 Å². The van der Waals surface area contributed by atoms with E-state index in [4.69, 9.17) is 5.11 Å². The van der Waals surface area contributed by atoms with Gasteiger partial charge in [-0.25, -0.2) is 9.78 Å². The van der Waals surface area contributed by atoms with Crippen LogP contribution >= 0.6 is 11.3 Å². The van der Waals surface area contributed by atoms with Crippen molar-refractivity contribution in [3.8, 4) is 0 Å². The maximum Gasteiger partial charge on any atom is 0.328 e. The zero-order valence-corrected chi connectivity index (χ0v) is 13.4. The van der Waals surface area contributed by atoms with E-state index < -0.39 is 5.97 Å².